The fourth-order valence-corrected chi connectivity index (χ4v) is 3.61. The molecule has 0 saturated carbocycles. The summed E-state index contributed by atoms with van der Waals surface area (Å²) < 4.78 is 38.4. The lowest BCUT2D eigenvalue weighted by molar-refractivity contribution is -0.137. The van der Waals surface area contributed by atoms with Gasteiger partial charge in [-0.25, -0.2) is 9.97 Å². The lowest BCUT2D eigenvalue weighted by atomic mass is 10.1. The predicted octanol–water partition coefficient (Wildman–Crippen LogP) is 6.18. The van der Waals surface area contributed by atoms with Crippen LogP contribution >= 0.6 is 0 Å². The van der Waals surface area contributed by atoms with Crippen molar-refractivity contribution in [1.82, 2.24) is 9.97 Å². The molecule has 1 aromatic heterocycles. The van der Waals surface area contributed by atoms with E-state index in [2.05, 4.69) is 37.8 Å². The van der Waals surface area contributed by atoms with Crippen molar-refractivity contribution >= 4 is 46.4 Å². The first-order chi connectivity index (χ1) is 19.5. The molecule has 208 valence electrons. The van der Waals surface area contributed by atoms with Crippen LogP contribution in [0.15, 0.2) is 91.8 Å². The minimum Gasteiger partial charge on any atom is -0.324 e. The molecule has 0 aliphatic rings. The molecule has 1 heterocycles. The van der Waals surface area contributed by atoms with Gasteiger partial charge < -0.3 is 21.3 Å². The summed E-state index contributed by atoms with van der Waals surface area (Å²) in [5.74, 6) is -1.21. The van der Waals surface area contributed by atoms with E-state index < -0.39 is 23.6 Å². The quantitative estimate of drug-likeness (QED) is 0.191. The number of hydrogen-bond donors (Lipinski definition) is 4. The lowest BCUT2D eigenvalue weighted by Gasteiger charge is -2.12. The van der Waals surface area contributed by atoms with Crippen molar-refractivity contribution in [2.45, 2.75) is 13.1 Å². The number of alkyl halides is 3. The minimum absolute atomic E-state index is 0.0312. The molecule has 4 N–H and O–H groups in total. The van der Waals surface area contributed by atoms with E-state index in [0.717, 1.165) is 30.3 Å². The van der Waals surface area contributed by atoms with E-state index in [1.54, 1.807) is 43.3 Å². The van der Waals surface area contributed by atoms with Crippen molar-refractivity contribution in [3.8, 4) is 0 Å². The average Bonchev–Trinajstić information content (AvgIpc) is 2.94. The Morgan fingerprint density at radius 2 is 1.41 bits per heavy atom. The standard InChI is InChI=1S/C29H23F3N6O3/c1-3-25(39)35-20-5-4-6-21(13-20)38-28-33-15-23(16-34-28)37-27(41)24-14-22(12-7-17(24)2)36-26(40)18-8-10-19(11-9-18)29(30,31)32/h3-16H,1H2,2H3,(H,35,39)(H,36,40)(H,37,41)(H,33,34,38). The van der Waals surface area contributed by atoms with Gasteiger partial charge in [-0.2, -0.15) is 13.2 Å². The first kappa shape index (κ1) is 28.5. The molecule has 9 nitrogen and oxygen atoms in total. The van der Waals surface area contributed by atoms with Crippen molar-refractivity contribution in [3.63, 3.8) is 0 Å². The lowest BCUT2D eigenvalue weighted by Crippen LogP contribution is -2.16. The second-order valence-corrected chi connectivity index (χ2v) is 8.71. The zero-order chi connectivity index (χ0) is 29.6. The molecule has 4 aromatic rings. The number of carbonyl (C=O) groups is 3. The Morgan fingerprint density at radius 3 is 2.07 bits per heavy atom. The monoisotopic (exact) mass is 560 g/mol. The van der Waals surface area contributed by atoms with Gasteiger partial charge in [-0.05, 0) is 73.2 Å². The molecule has 41 heavy (non-hydrogen) atoms. The van der Waals surface area contributed by atoms with Crippen LogP contribution in [-0.4, -0.2) is 27.7 Å². The number of nitrogens with one attached hydrogen (secondary N) is 4. The van der Waals surface area contributed by atoms with E-state index in [0.29, 0.717) is 22.6 Å². The summed E-state index contributed by atoms with van der Waals surface area (Å²) in [6.45, 7) is 5.13. The van der Waals surface area contributed by atoms with Gasteiger partial charge in [0, 0.05) is 28.2 Å². The van der Waals surface area contributed by atoms with Gasteiger partial charge in [0.1, 0.15) is 0 Å². The molecule has 0 unspecified atom stereocenters. The van der Waals surface area contributed by atoms with Gasteiger partial charge in [0.2, 0.25) is 11.9 Å². The summed E-state index contributed by atoms with van der Waals surface area (Å²) in [7, 11) is 0. The highest BCUT2D eigenvalue weighted by atomic mass is 19.4. The largest absolute Gasteiger partial charge is 0.416 e. The third-order valence-corrected chi connectivity index (χ3v) is 5.70. The fraction of sp³-hybridized carbons (Fsp3) is 0.0690. The third kappa shape index (κ3) is 7.53. The molecule has 0 aliphatic heterocycles. The highest BCUT2D eigenvalue weighted by Crippen LogP contribution is 2.29. The summed E-state index contributed by atoms with van der Waals surface area (Å²) in [5.41, 5.74) is 1.82. The minimum atomic E-state index is -4.51. The number of aromatic nitrogens is 2. The Kier molecular flexibility index (Phi) is 8.42. The van der Waals surface area contributed by atoms with Gasteiger partial charge in [-0.15, -0.1) is 0 Å². The molecule has 0 fully saturated rings. The Hall–Kier alpha value is -5.52. The fourth-order valence-electron chi connectivity index (χ4n) is 3.61. The summed E-state index contributed by atoms with van der Waals surface area (Å²) in [5, 5.41) is 10.9. The molecular formula is C29H23F3N6O3. The Bertz CT molecular complexity index is 1600. The van der Waals surface area contributed by atoms with E-state index in [4.69, 9.17) is 0 Å². The first-order valence-corrected chi connectivity index (χ1v) is 12.0. The topological polar surface area (TPSA) is 125 Å². The SMILES string of the molecule is C=CC(=O)Nc1cccc(Nc2ncc(NC(=O)c3cc(NC(=O)c4ccc(C(F)(F)F)cc4)ccc3C)cn2)c1. The third-order valence-electron chi connectivity index (χ3n) is 5.70. The first-order valence-electron chi connectivity index (χ1n) is 12.0. The normalized spacial score (nSPS) is 10.8. The zero-order valence-electron chi connectivity index (χ0n) is 21.5. The van der Waals surface area contributed by atoms with Gasteiger partial charge in [0.25, 0.3) is 11.8 Å². The van der Waals surface area contributed by atoms with Crippen LogP contribution in [0.3, 0.4) is 0 Å². The van der Waals surface area contributed by atoms with Crippen LogP contribution in [0.4, 0.5) is 41.9 Å². The summed E-state index contributed by atoms with van der Waals surface area (Å²) in [6, 6.07) is 15.4. The zero-order valence-corrected chi connectivity index (χ0v) is 21.5. The molecule has 3 amide bonds. The molecule has 3 aromatic carbocycles. The Morgan fingerprint density at radius 1 is 0.780 bits per heavy atom. The maximum atomic E-state index is 13.0. The number of halogens is 3. The highest BCUT2D eigenvalue weighted by Gasteiger charge is 2.30. The molecule has 4 rings (SSSR count). The van der Waals surface area contributed by atoms with Crippen LogP contribution in [0.25, 0.3) is 0 Å². The molecule has 0 atom stereocenters. The van der Waals surface area contributed by atoms with E-state index in [1.807, 2.05) is 0 Å². The van der Waals surface area contributed by atoms with Crippen molar-refractivity contribution in [3.05, 3.63) is 114 Å². The maximum absolute atomic E-state index is 13.0. The highest BCUT2D eigenvalue weighted by molar-refractivity contribution is 6.08. The van der Waals surface area contributed by atoms with Crippen LogP contribution in [0.2, 0.25) is 0 Å². The molecule has 12 heteroatoms. The number of benzene rings is 3. The smallest absolute Gasteiger partial charge is 0.324 e. The van der Waals surface area contributed by atoms with Gasteiger partial charge in [-0.1, -0.05) is 18.7 Å². The number of nitrogens with zero attached hydrogens (tertiary/aromatic N) is 2. The van der Waals surface area contributed by atoms with Crippen LogP contribution in [0.1, 0.15) is 31.8 Å². The van der Waals surface area contributed by atoms with E-state index in [1.165, 1.54) is 18.5 Å². The van der Waals surface area contributed by atoms with Gasteiger partial charge in [0.05, 0.1) is 23.6 Å². The second-order valence-electron chi connectivity index (χ2n) is 8.71. The summed E-state index contributed by atoms with van der Waals surface area (Å²) in [6.07, 6.45) is -0.536. The van der Waals surface area contributed by atoms with Crippen LogP contribution in [0, 0.1) is 6.92 Å². The van der Waals surface area contributed by atoms with Crippen molar-refractivity contribution in [2.75, 3.05) is 21.3 Å². The molecule has 0 radical (unpaired) electrons. The Balaban J connectivity index is 1.40. The van der Waals surface area contributed by atoms with Crippen molar-refractivity contribution in [1.29, 1.82) is 0 Å². The number of anilines is 5. The molecular weight excluding hydrogens is 537 g/mol. The molecule has 0 saturated heterocycles. The van der Waals surface area contributed by atoms with E-state index in [-0.39, 0.29) is 28.7 Å². The Labute approximate surface area is 232 Å². The van der Waals surface area contributed by atoms with Gasteiger partial charge in [0.15, 0.2) is 0 Å². The van der Waals surface area contributed by atoms with Gasteiger partial charge >= 0.3 is 6.18 Å². The number of carbonyl (C=O) groups excluding carboxylic acids is 3. The van der Waals surface area contributed by atoms with Crippen molar-refractivity contribution < 1.29 is 27.6 Å². The van der Waals surface area contributed by atoms with Crippen molar-refractivity contribution in [2.24, 2.45) is 0 Å². The molecule has 0 aliphatic carbocycles. The second kappa shape index (κ2) is 12.1. The number of amides is 3. The van der Waals surface area contributed by atoms with Crippen LogP contribution < -0.4 is 21.3 Å². The number of hydrogen-bond acceptors (Lipinski definition) is 6. The van der Waals surface area contributed by atoms with Crippen LogP contribution in [-0.2, 0) is 11.0 Å². The average molecular weight is 561 g/mol. The molecule has 0 bridgehead atoms. The maximum Gasteiger partial charge on any atom is 0.416 e. The van der Waals surface area contributed by atoms with E-state index in [9.17, 15) is 27.6 Å². The predicted molar refractivity (Wildman–Crippen MR) is 149 cm³/mol. The number of aryl methyl sites for hydroxylation is 1. The summed E-state index contributed by atoms with van der Waals surface area (Å²) >= 11 is 0. The summed E-state index contributed by atoms with van der Waals surface area (Å²) in [4.78, 5) is 45.4. The molecule has 0 spiro atoms. The van der Waals surface area contributed by atoms with Gasteiger partial charge in [-0.3, -0.25) is 14.4 Å². The van der Waals surface area contributed by atoms with E-state index >= 15 is 0 Å². The van der Waals surface area contributed by atoms with Crippen LogP contribution in [0.5, 0.6) is 0 Å². The number of rotatable bonds is 8.